The Hall–Kier alpha value is -3.37. The number of benzene rings is 2. The molecule has 2 aliphatic heterocycles. The average Bonchev–Trinajstić information content (AvgIpc) is 3.28. The van der Waals surface area contributed by atoms with Crippen molar-refractivity contribution in [1.82, 2.24) is 14.8 Å². The lowest BCUT2D eigenvalue weighted by Gasteiger charge is -2.38. The summed E-state index contributed by atoms with van der Waals surface area (Å²) in [6, 6.07) is 13.8. The number of halogens is 3. The average molecular weight is 558 g/mol. The molecule has 214 valence electrons. The van der Waals surface area contributed by atoms with Crippen molar-refractivity contribution >= 4 is 22.8 Å². The first-order chi connectivity index (χ1) is 19.0. The number of rotatable bonds is 5. The van der Waals surface area contributed by atoms with E-state index in [1.54, 1.807) is 0 Å². The van der Waals surface area contributed by atoms with Crippen molar-refractivity contribution in [3.63, 3.8) is 0 Å². The van der Waals surface area contributed by atoms with Crippen LogP contribution in [0, 0.1) is 13.8 Å². The summed E-state index contributed by atoms with van der Waals surface area (Å²) in [5.41, 5.74) is 5.72. The van der Waals surface area contributed by atoms with Crippen molar-refractivity contribution in [2.75, 3.05) is 19.6 Å². The molecule has 40 heavy (non-hydrogen) atoms. The standard InChI is InChI=1S/C30H34F3N3O4/c1-18-7-5-8-19(2)25(18)20-12-15-35(16-13-20)17-22-21-9-3-4-10-23(21)34-26(22)27(38)36-14-6-11-24(37)28(36)40-29(39)30(31,32)33/h3-5,7-10,20,24,28,34,37H,6,11-17H2,1-2H3. The molecule has 2 atom stereocenters. The van der Waals surface area contributed by atoms with Gasteiger partial charge in [-0.25, -0.2) is 4.79 Å². The largest absolute Gasteiger partial charge is 0.491 e. The first-order valence-electron chi connectivity index (χ1n) is 13.7. The fourth-order valence-corrected chi connectivity index (χ4v) is 6.25. The Morgan fingerprint density at radius 3 is 2.35 bits per heavy atom. The number of aryl methyl sites for hydroxylation is 2. The molecule has 2 unspecified atom stereocenters. The number of aliphatic hydroxyl groups excluding tert-OH is 1. The number of para-hydroxylation sites is 1. The number of amides is 1. The molecule has 2 saturated heterocycles. The highest BCUT2D eigenvalue weighted by Gasteiger charge is 2.46. The SMILES string of the molecule is Cc1cccc(C)c1C1CCN(Cc2c(C(=O)N3CCCC(O)C3OC(=O)C(F)(F)F)[nH]c3ccccc23)CC1. The maximum atomic E-state index is 13.8. The zero-order chi connectivity index (χ0) is 28.6. The van der Waals surface area contributed by atoms with E-state index in [2.05, 4.69) is 46.7 Å². The van der Waals surface area contributed by atoms with Gasteiger partial charge in [-0.1, -0.05) is 36.4 Å². The van der Waals surface area contributed by atoms with Crippen molar-refractivity contribution < 1.29 is 32.6 Å². The van der Waals surface area contributed by atoms with Gasteiger partial charge >= 0.3 is 12.1 Å². The van der Waals surface area contributed by atoms with Gasteiger partial charge in [0.1, 0.15) is 11.8 Å². The molecular formula is C30H34F3N3O4. The summed E-state index contributed by atoms with van der Waals surface area (Å²) in [6.07, 6.45) is -5.93. The molecule has 10 heteroatoms. The third-order valence-corrected chi connectivity index (χ3v) is 8.20. The number of nitrogens with one attached hydrogen (secondary N) is 1. The smallest absolute Gasteiger partial charge is 0.432 e. The second kappa shape index (κ2) is 11.2. The second-order valence-electron chi connectivity index (χ2n) is 10.9. The number of aromatic amines is 1. The number of likely N-dealkylation sites (tertiary alicyclic amines) is 2. The number of fused-ring (bicyclic) bond motifs is 1. The Bertz CT molecular complexity index is 1370. The van der Waals surface area contributed by atoms with Crippen molar-refractivity contribution in [2.24, 2.45) is 0 Å². The van der Waals surface area contributed by atoms with Gasteiger partial charge < -0.3 is 14.8 Å². The summed E-state index contributed by atoms with van der Waals surface area (Å²) in [6.45, 7) is 6.50. The van der Waals surface area contributed by atoms with E-state index in [-0.39, 0.29) is 18.7 Å². The Labute approximate surface area is 230 Å². The van der Waals surface area contributed by atoms with E-state index < -0.39 is 30.4 Å². The fraction of sp³-hybridized carbons (Fsp3) is 0.467. The van der Waals surface area contributed by atoms with Crippen LogP contribution in [0.2, 0.25) is 0 Å². The van der Waals surface area contributed by atoms with Crippen LogP contribution in [0.1, 0.15) is 64.3 Å². The van der Waals surface area contributed by atoms with Gasteiger partial charge in [-0.05, 0) is 81.3 Å². The quantitative estimate of drug-likeness (QED) is 0.422. The number of piperidine rings is 2. The van der Waals surface area contributed by atoms with E-state index in [0.29, 0.717) is 18.9 Å². The number of H-pyrrole nitrogens is 1. The van der Waals surface area contributed by atoms with Gasteiger partial charge in [0, 0.05) is 29.6 Å². The number of esters is 1. The molecule has 2 aromatic carbocycles. The summed E-state index contributed by atoms with van der Waals surface area (Å²) < 4.78 is 43.5. The van der Waals surface area contributed by atoms with E-state index >= 15 is 0 Å². The minimum Gasteiger partial charge on any atom is -0.432 e. The number of hydrogen-bond donors (Lipinski definition) is 2. The van der Waals surface area contributed by atoms with Crippen LogP contribution < -0.4 is 0 Å². The molecule has 2 fully saturated rings. The van der Waals surface area contributed by atoms with Gasteiger partial charge in [-0.3, -0.25) is 14.6 Å². The molecule has 0 spiro atoms. The van der Waals surface area contributed by atoms with Gasteiger partial charge in [0.05, 0.1) is 0 Å². The van der Waals surface area contributed by atoms with Crippen molar-refractivity contribution in [3.8, 4) is 0 Å². The second-order valence-corrected chi connectivity index (χ2v) is 10.9. The number of alkyl halides is 3. The van der Waals surface area contributed by atoms with E-state index in [0.717, 1.165) is 47.3 Å². The number of ether oxygens (including phenoxy) is 1. The highest BCUT2D eigenvalue weighted by molar-refractivity contribution is 6.01. The van der Waals surface area contributed by atoms with E-state index in [1.807, 2.05) is 24.3 Å². The summed E-state index contributed by atoms with van der Waals surface area (Å²) in [4.78, 5) is 31.9. The molecule has 5 rings (SSSR count). The van der Waals surface area contributed by atoms with Crippen LogP contribution in [-0.2, 0) is 16.1 Å². The first kappa shape index (κ1) is 28.2. The highest BCUT2D eigenvalue weighted by atomic mass is 19.4. The molecule has 3 aromatic rings. The summed E-state index contributed by atoms with van der Waals surface area (Å²) in [5.74, 6) is -2.57. The minimum absolute atomic E-state index is 0.0572. The lowest BCUT2D eigenvalue weighted by Crippen LogP contribution is -2.54. The van der Waals surface area contributed by atoms with Crippen LogP contribution >= 0.6 is 0 Å². The van der Waals surface area contributed by atoms with E-state index in [4.69, 9.17) is 0 Å². The van der Waals surface area contributed by atoms with Gasteiger partial charge in [0.2, 0.25) is 6.23 Å². The lowest BCUT2D eigenvalue weighted by molar-refractivity contribution is -0.220. The third-order valence-electron chi connectivity index (χ3n) is 8.20. The van der Waals surface area contributed by atoms with Crippen LogP contribution in [-0.4, -0.2) is 69.9 Å². The van der Waals surface area contributed by atoms with Crippen molar-refractivity contribution in [2.45, 2.75) is 70.5 Å². The fourth-order valence-electron chi connectivity index (χ4n) is 6.25. The van der Waals surface area contributed by atoms with Crippen LogP contribution in [0.25, 0.3) is 10.9 Å². The van der Waals surface area contributed by atoms with Gasteiger partial charge in [0.15, 0.2) is 0 Å². The Morgan fingerprint density at radius 2 is 1.68 bits per heavy atom. The monoisotopic (exact) mass is 557 g/mol. The topological polar surface area (TPSA) is 85.9 Å². The lowest BCUT2D eigenvalue weighted by atomic mass is 9.84. The van der Waals surface area contributed by atoms with Gasteiger partial charge in [0.25, 0.3) is 5.91 Å². The summed E-state index contributed by atoms with van der Waals surface area (Å²) in [5, 5.41) is 11.3. The van der Waals surface area contributed by atoms with Crippen LogP contribution in [0.3, 0.4) is 0 Å². The number of carbonyl (C=O) groups is 2. The zero-order valence-electron chi connectivity index (χ0n) is 22.6. The molecule has 7 nitrogen and oxygen atoms in total. The van der Waals surface area contributed by atoms with Crippen LogP contribution in [0.4, 0.5) is 13.2 Å². The maximum Gasteiger partial charge on any atom is 0.491 e. The Morgan fingerprint density at radius 1 is 1.00 bits per heavy atom. The number of nitrogens with zero attached hydrogens (tertiary/aromatic N) is 2. The predicted molar refractivity (Wildman–Crippen MR) is 144 cm³/mol. The van der Waals surface area contributed by atoms with Gasteiger partial charge in [-0.15, -0.1) is 0 Å². The van der Waals surface area contributed by atoms with E-state index in [1.165, 1.54) is 16.7 Å². The van der Waals surface area contributed by atoms with Crippen molar-refractivity contribution in [1.29, 1.82) is 0 Å². The van der Waals surface area contributed by atoms with Crippen LogP contribution in [0.5, 0.6) is 0 Å². The molecule has 0 aliphatic carbocycles. The maximum absolute atomic E-state index is 13.8. The first-order valence-corrected chi connectivity index (χ1v) is 13.7. The minimum atomic E-state index is -5.24. The van der Waals surface area contributed by atoms with E-state index in [9.17, 15) is 27.9 Å². The number of carbonyl (C=O) groups excluding carboxylic acids is 2. The van der Waals surface area contributed by atoms with Gasteiger partial charge in [-0.2, -0.15) is 13.2 Å². The number of hydrogen-bond acceptors (Lipinski definition) is 5. The van der Waals surface area contributed by atoms with Crippen LogP contribution in [0.15, 0.2) is 42.5 Å². The molecule has 0 radical (unpaired) electrons. The Kier molecular flexibility index (Phi) is 7.92. The molecule has 2 N–H and O–H groups in total. The Balaban J connectivity index is 1.39. The summed E-state index contributed by atoms with van der Waals surface area (Å²) >= 11 is 0. The van der Waals surface area contributed by atoms with Crippen molar-refractivity contribution in [3.05, 3.63) is 70.4 Å². The number of aliphatic hydroxyl groups is 1. The molecular weight excluding hydrogens is 523 g/mol. The molecule has 1 aromatic heterocycles. The highest BCUT2D eigenvalue weighted by Crippen LogP contribution is 2.35. The normalized spacial score (nSPS) is 21.1. The molecule has 1 amide bonds. The number of aromatic nitrogens is 1. The predicted octanol–water partition coefficient (Wildman–Crippen LogP) is 5.19. The summed E-state index contributed by atoms with van der Waals surface area (Å²) in [7, 11) is 0. The zero-order valence-corrected chi connectivity index (χ0v) is 22.6. The molecule has 0 saturated carbocycles. The molecule has 2 aliphatic rings. The molecule has 0 bridgehead atoms. The molecule has 3 heterocycles. The third kappa shape index (κ3) is 5.60.